The van der Waals surface area contributed by atoms with Crippen molar-refractivity contribution in [3.63, 3.8) is 0 Å². The van der Waals surface area contributed by atoms with Gasteiger partial charge in [0.05, 0.1) is 16.6 Å². The maximum atomic E-state index is 12.8. The number of hydrogen-bond donors (Lipinski definition) is 0. The maximum absolute atomic E-state index is 12.8. The second-order valence-corrected chi connectivity index (χ2v) is 8.49. The number of piperazine rings is 1. The van der Waals surface area contributed by atoms with Gasteiger partial charge in [0.2, 0.25) is 0 Å². The number of furan rings is 1. The standard InChI is InChI=1S/C22H23N3O3S/c1-17-5-8-19(9-6-17)29(27)16-18-7-10-20(28-18)22(26)25-14-12-24(13-15-25)21-4-2-3-11-23-21/h2-11H,12-16H2,1H3. The summed E-state index contributed by atoms with van der Waals surface area (Å²) in [5.74, 6) is 1.91. The highest BCUT2D eigenvalue weighted by Gasteiger charge is 2.25. The first-order valence-electron chi connectivity index (χ1n) is 9.59. The Morgan fingerprint density at radius 1 is 1.03 bits per heavy atom. The van der Waals surface area contributed by atoms with Crippen LogP contribution in [0.1, 0.15) is 21.9 Å². The molecule has 0 radical (unpaired) electrons. The summed E-state index contributed by atoms with van der Waals surface area (Å²) < 4.78 is 18.2. The van der Waals surface area contributed by atoms with Gasteiger partial charge in [-0.25, -0.2) is 4.98 Å². The van der Waals surface area contributed by atoms with E-state index in [1.807, 2.05) is 49.4 Å². The van der Waals surface area contributed by atoms with Crippen LogP contribution in [-0.4, -0.2) is 46.2 Å². The molecule has 4 rings (SSSR count). The zero-order valence-corrected chi connectivity index (χ0v) is 17.1. The number of nitrogens with zero attached hydrogens (tertiary/aromatic N) is 3. The minimum Gasteiger partial charge on any atom is -0.455 e. The van der Waals surface area contributed by atoms with E-state index in [2.05, 4.69) is 9.88 Å². The predicted molar refractivity (Wildman–Crippen MR) is 112 cm³/mol. The van der Waals surface area contributed by atoms with Gasteiger partial charge in [-0.2, -0.15) is 0 Å². The van der Waals surface area contributed by atoms with Crippen LogP contribution in [0.15, 0.2) is 70.1 Å². The lowest BCUT2D eigenvalue weighted by molar-refractivity contribution is 0.0713. The number of benzene rings is 1. The van der Waals surface area contributed by atoms with E-state index in [-0.39, 0.29) is 11.7 Å². The summed E-state index contributed by atoms with van der Waals surface area (Å²) in [5.41, 5.74) is 1.12. The molecule has 29 heavy (non-hydrogen) atoms. The van der Waals surface area contributed by atoms with Crippen LogP contribution in [0.2, 0.25) is 0 Å². The number of rotatable bonds is 5. The van der Waals surface area contributed by atoms with E-state index in [1.165, 1.54) is 0 Å². The van der Waals surface area contributed by atoms with E-state index in [9.17, 15) is 9.00 Å². The number of hydrogen-bond acceptors (Lipinski definition) is 5. The highest BCUT2D eigenvalue weighted by Crippen LogP contribution is 2.18. The van der Waals surface area contributed by atoms with Crippen LogP contribution < -0.4 is 4.90 Å². The number of carbonyl (C=O) groups is 1. The molecule has 0 aliphatic carbocycles. The van der Waals surface area contributed by atoms with Crippen molar-refractivity contribution >= 4 is 22.5 Å². The molecular weight excluding hydrogens is 386 g/mol. The van der Waals surface area contributed by atoms with E-state index < -0.39 is 10.8 Å². The highest BCUT2D eigenvalue weighted by atomic mass is 32.2. The van der Waals surface area contributed by atoms with Gasteiger partial charge in [0.25, 0.3) is 5.91 Å². The predicted octanol–water partition coefficient (Wildman–Crippen LogP) is 3.25. The van der Waals surface area contributed by atoms with Crippen LogP contribution in [0.5, 0.6) is 0 Å². The van der Waals surface area contributed by atoms with Gasteiger partial charge >= 0.3 is 0 Å². The summed E-state index contributed by atoms with van der Waals surface area (Å²) in [4.78, 5) is 21.9. The first-order chi connectivity index (χ1) is 14.1. The van der Waals surface area contributed by atoms with Crippen molar-refractivity contribution in [2.45, 2.75) is 17.6 Å². The summed E-state index contributed by atoms with van der Waals surface area (Å²) in [7, 11) is -1.21. The van der Waals surface area contributed by atoms with Gasteiger partial charge in [0, 0.05) is 37.3 Å². The molecule has 3 heterocycles. The second-order valence-electron chi connectivity index (χ2n) is 7.04. The fourth-order valence-electron chi connectivity index (χ4n) is 3.31. The van der Waals surface area contributed by atoms with Crippen LogP contribution in [0.3, 0.4) is 0 Å². The van der Waals surface area contributed by atoms with E-state index >= 15 is 0 Å². The normalized spacial score (nSPS) is 15.3. The van der Waals surface area contributed by atoms with E-state index in [1.54, 1.807) is 23.2 Å². The number of aromatic nitrogens is 1. The minimum atomic E-state index is -1.21. The van der Waals surface area contributed by atoms with Crippen molar-refractivity contribution in [2.75, 3.05) is 31.1 Å². The largest absolute Gasteiger partial charge is 0.455 e. The molecular formula is C22H23N3O3S. The third kappa shape index (κ3) is 4.56. The minimum absolute atomic E-state index is 0.127. The molecule has 1 aromatic carbocycles. The third-order valence-corrected chi connectivity index (χ3v) is 6.31. The summed E-state index contributed by atoms with van der Waals surface area (Å²) in [6.07, 6.45) is 1.78. The molecule has 0 N–H and O–H groups in total. The smallest absolute Gasteiger partial charge is 0.289 e. The van der Waals surface area contributed by atoms with Crippen molar-refractivity contribution in [1.29, 1.82) is 0 Å². The number of amides is 1. The Morgan fingerprint density at radius 2 is 1.79 bits per heavy atom. The molecule has 1 aliphatic heterocycles. The van der Waals surface area contributed by atoms with Crippen LogP contribution in [0, 0.1) is 6.92 Å². The highest BCUT2D eigenvalue weighted by molar-refractivity contribution is 7.84. The Balaban J connectivity index is 1.35. The summed E-state index contributed by atoms with van der Waals surface area (Å²) >= 11 is 0. The van der Waals surface area contributed by atoms with Crippen molar-refractivity contribution in [3.8, 4) is 0 Å². The molecule has 0 spiro atoms. The molecule has 1 amide bonds. The Hall–Kier alpha value is -2.93. The zero-order valence-electron chi connectivity index (χ0n) is 16.3. The third-order valence-electron chi connectivity index (χ3n) is 4.97. The Labute approximate surface area is 172 Å². The van der Waals surface area contributed by atoms with Gasteiger partial charge < -0.3 is 14.2 Å². The molecule has 2 aromatic heterocycles. The van der Waals surface area contributed by atoms with Gasteiger partial charge in [0.1, 0.15) is 11.6 Å². The molecule has 7 heteroatoms. The zero-order chi connectivity index (χ0) is 20.2. The van der Waals surface area contributed by atoms with Gasteiger partial charge in [-0.15, -0.1) is 0 Å². The van der Waals surface area contributed by atoms with Crippen LogP contribution >= 0.6 is 0 Å². The lowest BCUT2D eigenvalue weighted by Crippen LogP contribution is -2.49. The molecule has 150 valence electrons. The van der Waals surface area contributed by atoms with Crippen LogP contribution in [0.25, 0.3) is 0 Å². The van der Waals surface area contributed by atoms with Gasteiger partial charge in [-0.1, -0.05) is 23.8 Å². The topological polar surface area (TPSA) is 66.7 Å². The molecule has 1 atom stereocenters. The second kappa shape index (κ2) is 8.61. The lowest BCUT2D eigenvalue weighted by atomic mass is 10.2. The quantitative estimate of drug-likeness (QED) is 0.647. The van der Waals surface area contributed by atoms with Crippen molar-refractivity contribution in [3.05, 3.63) is 77.9 Å². The summed E-state index contributed by atoms with van der Waals surface area (Å²) in [6.45, 7) is 4.68. The molecule has 0 saturated carbocycles. The number of anilines is 1. The lowest BCUT2D eigenvalue weighted by Gasteiger charge is -2.34. The fourth-order valence-corrected chi connectivity index (χ4v) is 4.33. The Bertz CT molecular complexity index is 994. The average Bonchev–Trinajstić information content (AvgIpc) is 3.23. The molecule has 0 bridgehead atoms. The van der Waals surface area contributed by atoms with Crippen molar-refractivity contribution < 1.29 is 13.4 Å². The SMILES string of the molecule is Cc1ccc(S(=O)Cc2ccc(C(=O)N3CCN(c4ccccn4)CC3)o2)cc1. The Morgan fingerprint density at radius 3 is 2.48 bits per heavy atom. The molecule has 6 nitrogen and oxygen atoms in total. The van der Waals surface area contributed by atoms with E-state index in [4.69, 9.17) is 4.42 Å². The van der Waals surface area contributed by atoms with E-state index in [0.29, 0.717) is 24.6 Å². The van der Waals surface area contributed by atoms with Crippen molar-refractivity contribution in [2.24, 2.45) is 0 Å². The number of aryl methyl sites for hydroxylation is 1. The van der Waals surface area contributed by atoms with Gasteiger partial charge in [0.15, 0.2) is 5.76 Å². The maximum Gasteiger partial charge on any atom is 0.289 e. The summed E-state index contributed by atoms with van der Waals surface area (Å²) in [6, 6.07) is 16.9. The molecule has 1 unspecified atom stereocenters. The number of pyridine rings is 1. The molecule has 1 saturated heterocycles. The first-order valence-corrected chi connectivity index (χ1v) is 10.9. The molecule has 1 fully saturated rings. The monoisotopic (exact) mass is 409 g/mol. The van der Waals surface area contributed by atoms with Gasteiger partial charge in [-0.05, 0) is 43.3 Å². The fraction of sp³-hybridized carbons (Fsp3) is 0.273. The van der Waals surface area contributed by atoms with E-state index in [0.717, 1.165) is 29.4 Å². The van der Waals surface area contributed by atoms with Crippen LogP contribution in [0.4, 0.5) is 5.82 Å². The number of carbonyl (C=O) groups excluding carboxylic acids is 1. The summed E-state index contributed by atoms with van der Waals surface area (Å²) in [5, 5.41) is 0. The van der Waals surface area contributed by atoms with Crippen molar-refractivity contribution in [1.82, 2.24) is 9.88 Å². The van der Waals surface area contributed by atoms with Crippen LogP contribution in [-0.2, 0) is 16.6 Å². The average molecular weight is 410 g/mol. The van der Waals surface area contributed by atoms with Gasteiger partial charge in [-0.3, -0.25) is 9.00 Å². The molecule has 3 aromatic rings. The Kier molecular flexibility index (Phi) is 5.76. The first kappa shape index (κ1) is 19.4. The molecule has 1 aliphatic rings.